The normalized spacial score (nSPS) is 12.2. The largest absolute Gasteiger partial charge is 0.459 e. The highest BCUT2D eigenvalue weighted by Crippen LogP contribution is 2.21. The van der Waals surface area contributed by atoms with Crippen molar-refractivity contribution in [1.82, 2.24) is 0 Å². The first-order chi connectivity index (χ1) is 12.1. The van der Waals surface area contributed by atoms with Crippen LogP contribution in [0, 0.1) is 5.82 Å². The molecule has 0 fully saturated rings. The van der Waals surface area contributed by atoms with Gasteiger partial charge in [-0.05, 0) is 31.4 Å². The van der Waals surface area contributed by atoms with Crippen LogP contribution in [-0.4, -0.2) is 12.1 Å². The van der Waals surface area contributed by atoms with Gasteiger partial charge in [0.15, 0.2) is 5.82 Å². The minimum atomic E-state index is -0.695. The third-order valence-electron chi connectivity index (χ3n) is 4.45. The molecule has 0 saturated carbocycles. The first-order valence-corrected chi connectivity index (χ1v) is 10.1. The molecule has 0 aromatic heterocycles. The number of benzene rings is 1. The van der Waals surface area contributed by atoms with Gasteiger partial charge < -0.3 is 4.74 Å². The van der Waals surface area contributed by atoms with Crippen molar-refractivity contribution in [3.63, 3.8) is 0 Å². The van der Waals surface area contributed by atoms with Crippen LogP contribution in [0.2, 0.25) is 5.02 Å². The molecule has 0 amide bonds. The van der Waals surface area contributed by atoms with Gasteiger partial charge in [-0.15, -0.1) is 0 Å². The van der Waals surface area contributed by atoms with E-state index in [9.17, 15) is 9.18 Å². The van der Waals surface area contributed by atoms with E-state index < -0.39 is 11.8 Å². The van der Waals surface area contributed by atoms with Crippen LogP contribution in [0.3, 0.4) is 0 Å². The molecule has 1 aromatic carbocycles. The van der Waals surface area contributed by atoms with Gasteiger partial charge >= 0.3 is 5.97 Å². The Morgan fingerprint density at radius 3 is 2.28 bits per heavy atom. The first-order valence-electron chi connectivity index (χ1n) is 9.75. The van der Waals surface area contributed by atoms with Gasteiger partial charge in [0.05, 0.1) is 10.6 Å². The highest BCUT2D eigenvalue weighted by Gasteiger charge is 2.19. The number of hydrogen-bond donors (Lipinski definition) is 0. The van der Waals surface area contributed by atoms with Crippen molar-refractivity contribution in [2.75, 3.05) is 0 Å². The van der Waals surface area contributed by atoms with Crippen molar-refractivity contribution in [3.8, 4) is 0 Å². The molecule has 0 aliphatic rings. The zero-order chi connectivity index (χ0) is 18.5. The predicted octanol–water partition coefficient (Wildman–Crippen LogP) is 7.34. The molecule has 0 heterocycles. The number of unbranched alkanes of at least 4 members (excludes halogenated alkanes) is 7. The van der Waals surface area contributed by atoms with Gasteiger partial charge in [0, 0.05) is 0 Å². The molecule has 1 unspecified atom stereocenters. The minimum Gasteiger partial charge on any atom is -0.459 e. The molecule has 0 spiro atoms. The summed E-state index contributed by atoms with van der Waals surface area (Å²) in [6.07, 6.45) is 12.2. The van der Waals surface area contributed by atoms with Crippen molar-refractivity contribution >= 4 is 17.6 Å². The molecule has 2 nitrogen and oxygen atoms in total. The maximum absolute atomic E-state index is 14.0. The summed E-state index contributed by atoms with van der Waals surface area (Å²) in [4.78, 5) is 12.3. The van der Waals surface area contributed by atoms with E-state index in [1.165, 1.54) is 44.2 Å². The third-order valence-corrected chi connectivity index (χ3v) is 4.75. The van der Waals surface area contributed by atoms with Crippen molar-refractivity contribution in [3.05, 3.63) is 34.6 Å². The van der Waals surface area contributed by atoms with Crippen LogP contribution >= 0.6 is 11.6 Å². The smallest absolute Gasteiger partial charge is 0.341 e. The summed E-state index contributed by atoms with van der Waals surface area (Å²) in [5.74, 6) is -1.30. The van der Waals surface area contributed by atoms with E-state index in [4.69, 9.17) is 16.3 Å². The molecular formula is C21H32ClFO2. The van der Waals surface area contributed by atoms with Crippen LogP contribution in [0.1, 0.15) is 94.8 Å². The van der Waals surface area contributed by atoms with Crippen LogP contribution in [0.5, 0.6) is 0 Å². The second-order valence-electron chi connectivity index (χ2n) is 6.68. The molecule has 0 aliphatic heterocycles. The zero-order valence-electron chi connectivity index (χ0n) is 15.7. The van der Waals surface area contributed by atoms with Crippen molar-refractivity contribution in [1.29, 1.82) is 0 Å². The van der Waals surface area contributed by atoms with Crippen LogP contribution in [0.25, 0.3) is 0 Å². The van der Waals surface area contributed by atoms with Crippen molar-refractivity contribution < 1.29 is 13.9 Å². The van der Waals surface area contributed by atoms with E-state index in [-0.39, 0.29) is 16.7 Å². The maximum atomic E-state index is 14.0. The fourth-order valence-corrected chi connectivity index (χ4v) is 3.07. The monoisotopic (exact) mass is 370 g/mol. The van der Waals surface area contributed by atoms with Crippen LogP contribution in [0.15, 0.2) is 18.2 Å². The number of carbonyl (C=O) groups excluding carboxylic acids is 1. The van der Waals surface area contributed by atoms with E-state index in [1.807, 2.05) is 0 Å². The van der Waals surface area contributed by atoms with Gasteiger partial charge in [0.25, 0.3) is 0 Å². The number of halogens is 2. The Hall–Kier alpha value is -1.09. The average molecular weight is 371 g/mol. The topological polar surface area (TPSA) is 26.3 Å². The molecule has 25 heavy (non-hydrogen) atoms. The lowest BCUT2D eigenvalue weighted by atomic mass is 10.0. The molecule has 0 aliphatic carbocycles. The van der Waals surface area contributed by atoms with Crippen LogP contribution in [0.4, 0.5) is 4.39 Å². The second kappa shape index (κ2) is 13.2. The first kappa shape index (κ1) is 22.0. The van der Waals surface area contributed by atoms with Crippen molar-refractivity contribution in [2.45, 2.75) is 90.6 Å². The molecule has 0 radical (unpaired) electrons. The summed E-state index contributed by atoms with van der Waals surface area (Å²) >= 11 is 5.75. The molecule has 1 aromatic rings. The van der Waals surface area contributed by atoms with E-state index in [2.05, 4.69) is 13.8 Å². The third kappa shape index (κ3) is 8.71. The minimum absolute atomic E-state index is 0.0494. The van der Waals surface area contributed by atoms with E-state index in [0.717, 1.165) is 38.5 Å². The Kier molecular flexibility index (Phi) is 11.6. The fraction of sp³-hybridized carbons (Fsp3) is 0.667. The molecule has 1 atom stereocenters. The summed E-state index contributed by atoms with van der Waals surface area (Å²) < 4.78 is 19.6. The zero-order valence-corrected chi connectivity index (χ0v) is 16.4. The second-order valence-corrected chi connectivity index (χ2v) is 7.09. The van der Waals surface area contributed by atoms with Gasteiger partial charge in [-0.3, -0.25) is 0 Å². The Morgan fingerprint density at radius 1 is 1.00 bits per heavy atom. The van der Waals surface area contributed by atoms with Crippen LogP contribution in [-0.2, 0) is 4.74 Å². The fourth-order valence-electron chi connectivity index (χ4n) is 2.90. The van der Waals surface area contributed by atoms with E-state index in [0.29, 0.717) is 0 Å². The maximum Gasteiger partial charge on any atom is 0.341 e. The van der Waals surface area contributed by atoms with Gasteiger partial charge in [0.2, 0.25) is 0 Å². The quantitative estimate of drug-likeness (QED) is 0.268. The van der Waals surface area contributed by atoms with Gasteiger partial charge in [-0.25, -0.2) is 9.18 Å². The lowest BCUT2D eigenvalue weighted by Crippen LogP contribution is -2.19. The number of rotatable bonds is 13. The summed E-state index contributed by atoms with van der Waals surface area (Å²) in [5.41, 5.74) is -0.0754. The molecule has 0 N–H and O–H groups in total. The Morgan fingerprint density at radius 2 is 1.60 bits per heavy atom. The summed E-state index contributed by atoms with van der Waals surface area (Å²) in [6.45, 7) is 4.33. The molecule has 0 bridgehead atoms. The Bertz CT molecular complexity index is 505. The predicted molar refractivity (Wildman–Crippen MR) is 103 cm³/mol. The SMILES string of the molecule is CCCCCCCCCC(CCCC)OC(=O)c1cccc(Cl)c1F. The Labute approximate surface area is 157 Å². The lowest BCUT2D eigenvalue weighted by molar-refractivity contribution is 0.0245. The summed E-state index contributed by atoms with van der Waals surface area (Å²) in [6, 6.07) is 4.42. The number of ether oxygens (including phenoxy) is 1. The molecule has 1 rings (SSSR count). The highest BCUT2D eigenvalue weighted by atomic mass is 35.5. The van der Waals surface area contributed by atoms with Gasteiger partial charge in [-0.2, -0.15) is 0 Å². The molecule has 142 valence electrons. The van der Waals surface area contributed by atoms with E-state index in [1.54, 1.807) is 6.07 Å². The number of hydrogen-bond acceptors (Lipinski definition) is 2. The summed E-state index contributed by atoms with van der Waals surface area (Å²) in [7, 11) is 0. The lowest BCUT2D eigenvalue weighted by Gasteiger charge is -2.18. The number of esters is 1. The molecular weight excluding hydrogens is 339 g/mol. The standard InChI is InChI=1S/C21H32ClFO2/c1-3-5-7-8-9-10-11-14-17(13-6-4-2)25-21(24)18-15-12-16-19(22)20(18)23/h12,15-17H,3-11,13-14H2,1-2H3. The highest BCUT2D eigenvalue weighted by molar-refractivity contribution is 6.31. The van der Waals surface area contributed by atoms with Crippen molar-refractivity contribution in [2.24, 2.45) is 0 Å². The van der Waals surface area contributed by atoms with E-state index >= 15 is 0 Å². The Balaban J connectivity index is 2.46. The number of carbonyl (C=O) groups is 1. The average Bonchev–Trinajstić information content (AvgIpc) is 2.60. The van der Waals surface area contributed by atoms with Gasteiger partial charge in [-0.1, -0.05) is 82.9 Å². The molecule has 4 heteroatoms. The summed E-state index contributed by atoms with van der Waals surface area (Å²) in [5, 5.41) is -0.0494. The van der Waals surface area contributed by atoms with Crippen LogP contribution < -0.4 is 0 Å². The van der Waals surface area contributed by atoms with Gasteiger partial charge in [0.1, 0.15) is 6.10 Å². The molecule has 0 saturated heterocycles.